The highest BCUT2D eigenvalue weighted by Gasteiger charge is 2.20. The molecule has 1 saturated carbocycles. The van der Waals surface area contributed by atoms with Crippen molar-refractivity contribution in [1.29, 1.82) is 0 Å². The average Bonchev–Trinajstić information content (AvgIpc) is 2.40. The lowest BCUT2D eigenvalue weighted by atomic mass is 9.81. The van der Waals surface area contributed by atoms with Crippen LogP contribution in [0.4, 0.5) is 10.2 Å². The first-order chi connectivity index (χ1) is 8.69. The molecule has 0 bridgehead atoms. The minimum absolute atomic E-state index is 0.0774. The van der Waals surface area contributed by atoms with Gasteiger partial charge in [-0.15, -0.1) is 0 Å². The second kappa shape index (κ2) is 6.32. The molecule has 0 atom stereocenters. The van der Waals surface area contributed by atoms with E-state index in [1.54, 1.807) is 0 Å². The first-order valence-corrected chi connectivity index (χ1v) is 6.98. The van der Waals surface area contributed by atoms with Crippen molar-refractivity contribution in [2.75, 3.05) is 11.9 Å². The highest BCUT2D eigenvalue weighted by molar-refractivity contribution is 6.28. The summed E-state index contributed by atoms with van der Waals surface area (Å²) in [7, 11) is 0. The zero-order valence-corrected chi connectivity index (χ0v) is 11.4. The summed E-state index contributed by atoms with van der Waals surface area (Å²) in [6.07, 6.45) is 7.38. The first kappa shape index (κ1) is 13.5. The number of hydrogen-bond donors (Lipinski definition) is 1. The van der Waals surface area contributed by atoms with Crippen molar-refractivity contribution in [3.05, 3.63) is 17.3 Å². The summed E-state index contributed by atoms with van der Waals surface area (Å²) in [5.41, 5.74) is 0. The van der Waals surface area contributed by atoms with Crippen molar-refractivity contribution in [2.45, 2.75) is 39.0 Å². The summed E-state index contributed by atoms with van der Waals surface area (Å²) >= 11 is 5.65. The molecule has 0 amide bonds. The largest absolute Gasteiger partial charge is 0.367 e. The summed E-state index contributed by atoms with van der Waals surface area (Å²) in [5.74, 6) is 1.27. The molecule has 1 aliphatic carbocycles. The summed E-state index contributed by atoms with van der Waals surface area (Å²) in [6, 6.07) is 0. The van der Waals surface area contributed by atoms with Gasteiger partial charge in [0.15, 0.2) is 11.6 Å². The van der Waals surface area contributed by atoms with Gasteiger partial charge in [0, 0.05) is 6.54 Å². The Bertz CT molecular complexity index is 392. The third-order valence-corrected chi connectivity index (χ3v) is 4.00. The third kappa shape index (κ3) is 3.55. The third-order valence-electron chi connectivity index (χ3n) is 3.82. The molecule has 3 nitrogen and oxygen atoms in total. The Balaban J connectivity index is 1.83. The zero-order chi connectivity index (χ0) is 13.0. The molecular weight excluding hydrogens is 253 g/mol. The molecule has 0 spiro atoms. The van der Waals surface area contributed by atoms with Crippen LogP contribution < -0.4 is 5.32 Å². The van der Waals surface area contributed by atoms with Gasteiger partial charge in [-0.2, -0.15) is 4.98 Å². The number of halogens is 2. The van der Waals surface area contributed by atoms with E-state index in [2.05, 4.69) is 22.2 Å². The molecule has 0 aromatic carbocycles. The number of nitrogens with one attached hydrogen (secondary N) is 1. The van der Waals surface area contributed by atoms with Crippen molar-refractivity contribution < 1.29 is 4.39 Å². The fourth-order valence-corrected chi connectivity index (χ4v) is 2.69. The van der Waals surface area contributed by atoms with Gasteiger partial charge in [-0.05, 0) is 36.3 Å². The highest BCUT2D eigenvalue weighted by atomic mass is 35.5. The lowest BCUT2D eigenvalue weighted by Crippen LogP contribution is -2.21. The van der Waals surface area contributed by atoms with E-state index < -0.39 is 5.82 Å². The monoisotopic (exact) mass is 271 g/mol. The van der Waals surface area contributed by atoms with Gasteiger partial charge in [-0.1, -0.05) is 26.2 Å². The molecule has 1 aromatic rings. The molecule has 2 rings (SSSR count). The summed E-state index contributed by atoms with van der Waals surface area (Å²) in [4.78, 5) is 7.45. The number of aromatic nitrogens is 2. The Morgan fingerprint density at radius 1 is 1.33 bits per heavy atom. The van der Waals surface area contributed by atoms with E-state index >= 15 is 0 Å². The molecule has 0 unspecified atom stereocenters. The number of anilines is 1. The predicted molar refractivity (Wildman–Crippen MR) is 71.2 cm³/mol. The van der Waals surface area contributed by atoms with Gasteiger partial charge in [-0.25, -0.2) is 9.37 Å². The van der Waals surface area contributed by atoms with Gasteiger partial charge < -0.3 is 5.32 Å². The van der Waals surface area contributed by atoms with Crippen LogP contribution in [0.2, 0.25) is 5.28 Å². The molecule has 1 aromatic heterocycles. The van der Waals surface area contributed by atoms with E-state index in [9.17, 15) is 4.39 Å². The Morgan fingerprint density at radius 3 is 2.67 bits per heavy atom. The molecule has 0 radical (unpaired) electrons. The minimum Gasteiger partial charge on any atom is -0.367 e. The van der Waals surface area contributed by atoms with E-state index in [0.717, 1.165) is 18.7 Å². The van der Waals surface area contributed by atoms with E-state index in [4.69, 9.17) is 11.6 Å². The second-order valence-electron chi connectivity index (χ2n) is 5.01. The maximum Gasteiger partial charge on any atom is 0.224 e. The lowest BCUT2D eigenvalue weighted by Gasteiger charge is -2.27. The zero-order valence-electron chi connectivity index (χ0n) is 10.6. The SMILES string of the molecule is CCC1CCC(CNc2nc(Cl)ncc2F)CC1. The Morgan fingerprint density at radius 2 is 2.00 bits per heavy atom. The Hall–Kier alpha value is -0.900. The van der Waals surface area contributed by atoms with Gasteiger partial charge in [0.2, 0.25) is 5.28 Å². The molecule has 1 aliphatic rings. The fraction of sp³-hybridized carbons (Fsp3) is 0.692. The van der Waals surface area contributed by atoms with Gasteiger partial charge in [0.05, 0.1) is 6.20 Å². The molecule has 18 heavy (non-hydrogen) atoms. The minimum atomic E-state index is -0.443. The van der Waals surface area contributed by atoms with Crippen molar-refractivity contribution in [3.8, 4) is 0 Å². The summed E-state index contributed by atoms with van der Waals surface area (Å²) < 4.78 is 13.4. The van der Waals surface area contributed by atoms with Crippen molar-refractivity contribution >= 4 is 17.4 Å². The van der Waals surface area contributed by atoms with Gasteiger partial charge in [0.1, 0.15) is 0 Å². The van der Waals surface area contributed by atoms with Crippen LogP contribution >= 0.6 is 11.6 Å². The molecule has 100 valence electrons. The van der Waals surface area contributed by atoms with Crippen LogP contribution in [0.1, 0.15) is 39.0 Å². The molecule has 1 N–H and O–H groups in total. The molecule has 0 aliphatic heterocycles. The van der Waals surface area contributed by atoms with Crippen LogP contribution in [0.5, 0.6) is 0 Å². The number of hydrogen-bond acceptors (Lipinski definition) is 3. The Labute approximate surface area is 112 Å². The van der Waals surface area contributed by atoms with Crippen molar-refractivity contribution in [2.24, 2.45) is 11.8 Å². The summed E-state index contributed by atoms with van der Waals surface area (Å²) in [6.45, 7) is 3.02. The van der Waals surface area contributed by atoms with E-state index in [-0.39, 0.29) is 11.1 Å². The van der Waals surface area contributed by atoms with Crippen LogP contribution in [0, 0.1) is 17.7 Å². The van der Waals surface area contributed by atoms with Gasteiger partial charge in [-0.3, -0.25) is 0 Å². The molecule has 1 heterocycles. The van der Waals surface area contributed by atoms with E-state index in [1.807, 2.05) is 0 Å². The van der Waals surface area contributed by atoms with Crippen LogP contribution in [-0.2, 0) is 0 Å². The predicted octanol–water partition coefficient (Wildman–Crippen LogP) is 3.90. The molecule has 0 saturated heterocycles. The van der Waals surface area contributed by atoms with Crippen LogP contribution in [0.25, 0.3) is 0 Å². The number of nitrogens with zero attached hydrogens (tertiary/aromatic N) is 2. The fourth-order valence-electron chi connectivity index (χ4n) is 2.55. The van der Waals surface area contributed by atoms with E-state index in [1.165, 1.54) is 32.1 Å². The summed E-state index contributed by atoms with van der Waals surface area (Å²) in [5, 5.41) is 3.12. The van der Waals surface area contributed by atoms with Crippen molar-refractivity contribution in [3.63, 3.8) is 0 Å². The molecule has 5 heteroatoms. The van der Waals surface area contributed by atoms with Gasteiger partial charge in [0.25, 0.3) is 0 Å². The number of rotatable bonds is 4. The quantitative estimate of drug-likeness (QED) is 0.844. The molecular formula is C13H19ClFN3. The average molecular weight is 272 g/mol. The molecule has 1 fully saturated rings. The standard InChI is InChI=1S/C13H19ClFN3/c1-2-9-3-5-10(6-4-9)7-16-12-11(15)8-17-13(14)18-12/h8-10H,2-7H2,1H3,(H,16,17,18). The van der Waals surface area contributed by atoms with Crippen LogP contribution in [0.15, 0.2) is 6.20 Å². The van der Waals surface area contributed by atoms with Gasteiger partial charge >= 0.3 is 0 Å². The first-order valence-electron chi connectivity index (χ1n) is 6.61. The topological polar surface area (TPSA) is 37.8 Å². The maximum absolute atomic E-state index is 13.4. The maximum atomic E-state index is 13.4. The second-order valence-corrected chi connectivity index (χ2v) is 5.35. The highest BCUT2D eigenvalue weighted by Crippen LogP contribution is 2.30. The lowest BCUT2D eigenvalue weighted by molar-refractivity contribution is 0.278. The smallest absolute Gasteiger partial charge is 0.224 e. The van der Waals surface area contributed by atoms with Crippen LogP contribution in [-0.4, -0.2) is 16.5 Å². The normalized spacial score (nSPS) is 23.9. The van der Waals surface area contributed by atoms with Crippen LogP contribution in [0.3, 0.4) is 0 Å². The Kier molecular flexibility index (Phi) is 4.75. The van der Waals surface area contributed by atoms with Crippen molar-refractivity contribution in [1.82, 2.24) is 9.97 Å². The van der Waals surface area contributed by atoms with E-state index in [0.29, 0.717) is 5.92 Å².